The van der Waals surface area contributed by atoms with Crippen LogP contribution in [0.5, 0.6) is 5.75 Å². The van der Waals surface area contributed by atoms with Crippen molar-refractivity contribution in [3.8, 4) is 5.75 Å². The normalized spacial score (nSPS) is 19.5. The highest BCUT2D eigenvalue weighted by Gasteiger charge is 2.38. The lowest BCUT2D eigenvalue weighted by atomic mass is 9.94. The molecule has 0 radical (unpaired) electrons. The highest BCUT2D eigenvalue weighted by Crippen LogP contribution is 2.36. The van der Waals surface area contributed by atoms with Crippen LogP contribution in [0.15, 0.2) is 42.7 Å². The van der Waals surface area contributed by atoms with E-state index in [1.807, 2.05) is 12.1 Å². The summed E-state index contributed by atoms with van der Waals surface area (Å²) < 4.78 is 19.1. The number of rotatable bonds is 5. The molecule has 6 nitrogen and oxygen atoms in total. The largest absolute Gasteiger partial charge is 0.496 e. The van der Waals surface area contributed by atoms with Crippen LogP contribution in [-0.2, 0) is 4.79 Å². The highest BCUT2D eigenvalue weighted by molar-refractivity contribution is 5.97. The Kier molecular flexibility index (Phi) is 5.16. The summed E-state index contributed by atoms with van der Waals surface area (Å²) in [5.41, 5.74) is 0.823. The molecule has 0 unspecified atom stereocenters. The fraction of sp³-hybridized carbons (Fsp3) is 0.316. The van der Waals surface area contributed by atoms with Gasteiger partial charge in [-0.2, -0.15) is 0 Å². The number of pyridine rings is 1. The summed E-state index contributed by atoms with van der Waals surface area (Å²) in [6.45, 7) is 0.249. The van der Waals surface area contributed by atoms with E-state index >= 15 is 0 Å². The second kappa shape index (κ2) is 7.51. The van der Waals surface area contributed by atoms with Crippen LogP contribution in [0.25, 0.3) is 0 Å². The van der Waals surface area contributed by atoms with Gasteiger partial charge in [0, 0.05) is 38.3 Å². The molecular formula is C19H20FN3O3. The molecule has 1 fully saturated rings. The molecule has 3 rings (SSSR count). The van der Waals surface area contributed by atoms with Gasteiger partial charge in [-0.05, 0) is 29.8 Å². The highest BCUT2D eigenvalue weighted by atomic mass is 19.1. The number of aromatic nitrogens is 1. The Balaban J connectivity index is 1.76. The summed E-state index contributed by atoms with van der Waals surface area (Å²) in [6.07, 6.45) is 3.66. The Labute approximate surface area is 151 Å². The van der Waals surface area contributed by atoms with Crippen LogP contribution in [-0.4, -0.2) is 42.4 Å². The van der Waals surface area contributed by atoms with E-state index in [2.05, 4.69) is 10.3 Å². The number of hydrogen-bond donors (Lipinski definition) is 1. The number of methoxy groups -OCH3 is 1. The van der Waals surface area contributed by atoms with Gasteiger partial charge in [0.15, 0.2) is 0 Å². The summed E-state index contributed by atoms with van der Waals surface area (Å²) in [5.74, 6) is -1.14. The number of halogens is 1. The number of amides is 2. The van der Waals surface area contributed by atoms with Gasteiger partial charge in [0.2, 0.25) is 5.91 Å². The van der Waals surface area contributed by atoms with Crippen LogP contribution in [0.3, 0.4) is 0 Å². The predicted molar refractivity (Wildman–Crippen MR) is 93.1 cm³/mol. The lowest BCUT2D eigenvalue weighted by molar-refractivity contribution is -0.127. The maximum absolute atomic E-state index is 14.0. The van der Waals surface area contributed by atoms with Gasteiger partial charge in [-0.1, -0.05) is 6.07 Å². The first kappa shape index (κ1) is 17.8. The SMILES string of the molecule is COc1cccc(F)c1C(=O)NC[C@@H]1CC(=O)N(C)[C@H]1c1ccncc1. The lowest BCUT2D eigenvalue weighted by Gasteiger charge is -2.25. The van der Waals surface area contributed by atoms with Crippen LogP contribution in [0.1, 0.15) is 28.4 Å². The molecule has 2 aromatic rings. The average molecular weight is 357 g/mol. The Morgan fingerprint density at radius 1 is 1.35 bits per heavy atom. The Morgan fingerprint density at radius 3 is 2.77 bits per heavy atom. The van der Waals surface area contributed by atoms with Crippen molar-refractivity contribution in [3.63, 3.8) is 0 Å². The molecule has 136 valence electrons. The number of likely N-dealkylation sites (tertiary alicyclic amines) is 1. The monoisotopic (exact) mass is 357 g/mol. The number of nitrogens with zero attached hydrogens (tertiary/aromatic N) is 2. The summed E-state index contributed by atoms with van der Waals surface area (Å²) in [6, 6.07) is 7.78. The quantitative estimate of drug-likeness (QED) is 0.890. The Morgan fingerprint density at radius 2 is 2.08 bits per heavy atom. The zero-order valence-corrected chi connectivity index (χ0v) is 14.6. The van der Waals surface area contributed by atoms with Crippen LogP contribution in [0, 0.1) is 11.7 Å². The summed E-state index contributed by atoms with van der Waals surface area (Å²) in [4.78, 5) is 30.3. The van der Waals surface area contributed by atoms with Gasteiger partial charge in [-0.3, -0.25) is 14.6 Å². The minimum atomic E-state index is -0.646. The van der Waals surface area contributed by atoms with Crippen molar-refractivity contribution in [3.05, 3.63) is 59.7 Å². The van der Waals surface area contributed by atoms with Gasteiger partial charge in [0.05, 0.1) is 13.2 Å². The first-order valence-corrected chi connectivity index (χ1v) is 8.29. The summed E-state index contributed by atoms with van der Waals surface area (Å²) >= 11 is 0. The molecule has 2 atom stereocenters. The van der Waals surface area contributed by atoms with E-state index in [9.17, 15) is 14.0 Å². The van der Waals surface area contributed by atoms with E-state index in [1.54, 1.807) is 24.3 Å². The van der Waals surface area contributed by atoms with E-state index < -0.39 is 11.7 Å². The molecule has 0 bridgehead atoms. The molecule has 0 saturated carbocycles. The van der Waals surface area contributed by atoms with E-state index in [0.717, 1.165) is 5.56 Å². The molecule has 2 heterocycles. The standard InChI is InChI=1S/C19H20FN3O3/c1-23-16(24)10-13(18(23)12-6-8-21-9-7-12)11-22-19(25)17-14(20)4-3-5-15(17)26-2/h3-9,13,18H,10-11H2,1-2H3,(H,22,25)/t13-,18-/m0/s1. The van der Waals surface area contributed by atoms with Gasteiger partial charge in [0.1, 0.15) is 17.1 Å². The number of ether oxygens (including phenoxy) is 1. The van der Waals surface area contributed by atoms with E-state index in [1.165, 1.54) is 25.3 Å². The number of carbonyl (C=O) groups excluding carboxylic acids is 2. The molecule has 26 heavy (non-hydrogen) atoms. The van der Waals surface area contributed by atoms with Crippen molar-refractivity contribution in [2.24, 2.45) is 5.92 Å². The minimum Gasteiger partial charge on any atom is -0.496 e. The summed E-state index contributed by atoms with van der Waals surface area (Å²) in [7, 11) is 3.13. The average Bonchev–Trinajstić information content (AvgIpc) is 2.94. The maximum Gasteiger partial charge on any atom is 0.258 e. The lowest BCUT2D eigenvalue weighted by Crippen LogP contribution is -2.33. The molecule has 1 aliphatic rings. The molecule has 0 aliphatic carbocycles. The fourth-order valence-corrected chi connectivity index (χ4v) is 3.40. The molecule has 1 saturated heterocycles. The molecule has 1 aliphatic heterocycles. The number of hydrogen-bond acceptors (Lipinski definition) is 4. The van der Waals surface area contributed by atoms with Gasteiger partial charge in [-0.25, -0.2) is 4.39 Å². The Bertz CT molecular complexity index is 813. The second-order valence-electron chi connectivity index (χ2n) is 6.22. The molecule has 2 amide bonds. The summed E-state index contributed by atoms with van der Waals surface area (Å²) in [5, 5.41) is 2.74. The topological polar surface area (TPSA) is 71.5 Å². The number of benzene rings is 1. The molecule has 7 heteroatoms. The molecule has 1 aromatic carbocycles. The van der Waals surface area contributed by atoms with Crippen LogP contribution in [0.2, 0.25) is 0 Å². The number of carbonyl (C=O) groups is 2. The smallest absolute Gasteiger partial charge is 0.258 e. The van der Waals surface area contributed by atoms with Crippen LogP contribution >= 0.6 is 0 Å². The van der Waals surface area contributed by atoms with Crippen molar-refractivity contribution in [2.75, 3.05) is 20.7 Å². The van der Waals surface area contributed by atoms with Crippen molar-refractivity contribution in [1.29, 1.82) is 0 Å². The first-order chi connectivity index (χ1) is 12.5. The zero-order valence-electron chi connectivity index (χ0n) is 14.6. The Hall–Kier alpha value is -2.96. The zero-order chi connectivity index (χ0) is 18.7. The van der Waals surface area contributed by atoms with Gasteiger partial charge >= 0.3 is 0 Å². The van der Waals surface area contributed by atoms with E-state index in [0.29, 0.717) is 6.42 Å². The van der Waals surface area contributed by atoms with Gasteiger partial charge in [-0.15, -0.1) is 0 Å². The molecular weight excluding hydrogens is 337 g/mol. The van der Waals surface area contributed by atoms with Crippen LogP contribution in [0.4, 0.5) is 4.39 Å². The second-order valence-corrected chi connectivity index (χ2v) is 6.22. The van der Waals surface area contributed by atoms with E-state index in [4.69, 9.17) is 4.74 Å². The third-order valence-corrected chi connectivity index (χ3v) is 4.69. The fourth-order valence-electron chi connectivity index (χ4n) is 3.40. The van der Waals surface area contributed by atoms with Crippen molar-refractivity contribution in [2.45, 2.75) is 12.5 Å². The molecule has 1 aromatic heterocycles. The van der Waals surface area contributed by atoms with Crippen molar-refractivity contribution < 1.29 is 18.7 Å². The minimum absolute atomic E-state index is 0.00883. The van der Waals surface area contributed by atoms with Gasteiger partial charge < -0.3 is 15.0 Å². The molecule has 0 spiro atoms. The van der Waals surface area contributed by atoms with Crippen LogP contribution < -0.4 is 10.1 Å². The first-order valence-electron chi connectivity index (χ1n) is 8.29. The molecule has 1 N–H and O–H groups in total. The third kappa shape index (κ3) is 3.37. The third-order valence-electron chi connectivity index (χ3n) is 4.69. The van der Waals surface area contributed by atoms with E-state index in [-0.39, 0.29) is 35.7 Å². The van der Waals surface area contributed by atoms with Crippen molar-refractivity contribution >= 4 is 11.8 Å². The predicted octanol–water partition coefficient (Wildman–Crippen LogP) is 2.18. The maximum atomic E-state index is 14.0. The van der Waals surface area contributed by atoms with Crippen molar-refractivity contribution in [1.82, 2.24) is 15.2 Å². The van der Waals surface area contributed by atoms with Gasteiger partial charge in [0.25, 0.3) is 5.91 Å². The number of nitrogens with one attached hydrogen (secondary N) is 1.